The third-order valence-corrected chi connectivity index (χ3v) is 6.94. The number of nitrogens with zero attached hydrogens (tertiary/aromatic N) is 5. The van der Waals surface area contributed by atoms with E-state index in [1.54, 1.807) is 30.9 Å². The highest BCUT2D eigenvalue weighted by molar-refractivity contribution is 5.90. The third kappa shape index (κ3) is 6.41. The van der Waals surface area contributed by atoms with Crippen LogP contribution in [0.3, 0.4) is 0 Å². The molecule has 3 aromatic rings. The fourth-order valence-electron chi connectivity index (χ4n) is 5.12. The van der Waals surface area contributed by atoms with Crippen LogP contribution in [-0.4, -0.2) is 68.7 Å². The van der Waals surface area contributed by atoms with Gasteiger partial charge in [0.1, 0.15) is 11.3 Å². The average molecular weight is 560 g/mol. The maximum absolute atomic E-state index is 13.4. The highest BCUT2D eigenvalue weighted by Crippen LogP contribution is 2.32. The number of halogens is 3. The number of hydrogen-bond donors (Lipinski definition) is 2. The summed E-state index contributed by atoms with van der Waals surface area (Å²) in [6.45, 7) is 5.95. The molecule has 1 aliphatic heterocycles. The van der Waals surface area contributed by atoms with Crippen molar-refractivity contribution in [2.45, 2.75) is 57.4 Å². The highest BCUT2D eigenvalue weighted by Gasteiger charge is 2.40. The van der Waals surface area contributed by atoms with Gasteiger partial charge in [0.05, 0.1) is 12.8 Å². The van der Waals surface area contributed by atoms with Crippen molar-refractivity contribution in [3.8, 4) is 11.4 Å². The second kappa shape index (κ2) is 11.6. The molecule has 0 radical (unpaired) electrons. The maximum atomic E-state index is 13.4. The molecule has 0 spiro atoms. The molecule has 0 saturated carbocycles. The number of likely N-dealkylation sites (tertiary alicyclic amines) is 1. The van der Waals surface area contributed by atoms with E-state index in [2.05, 4.69) is 26.2 Å². The second-order valence-corrected chi connectivity index (χ2v) is 10.3. The number of rotatable bonds is 8. The quantitative estimate of drug-likeness (QED) is 0.436. The van der Waals surface area contributed by atoms with Gasteiger partial charge in [0.25, 0.3) is 5.82 Å². The van der Waals surface area contributed by atoms with E-state index < -0.39 is 17.5 Å². The van der Waals surface area contributed by atoms with Crippen molar-refractivity contribution in [2.75, 3.05) is 20.2 Å². The number of tetrazole rings is 1. The molecule has 2 unspecified atom stereocenters. The number of methoxy groups -OCH3 is 1. The molecule has 2 aromatic carbocycles. The van der Waals surface area contributed by atoms with Crippen LogP contribution in [0.25, 0.3) is 5.69 Å². The Morgan fingerprint density at radius 3 is 2.50 bits per heavy atom. The van der Waals surface area contributed by atoms with Crippen LogP contribution < -0.4 is 15.4 Å². The number of alkyl halides is 3. The summed E-state index contributed by atoms with van der Waals surface area (Å²) in [5, 5.41) is 16.1. The molecule has 214 valence electrons. The van der Waals surface area contributed by atoms with Crippen molar-refractivity contribution < 1.29 is 27.5 Å². The number of piperidine rings is 1. The Morgan fingerprint density at radius 2 is 1.85 bits per heavy atom. The minimum absolute atomic E-state index is 0.0533. The first kappa shape index (κ1) is 29.0. The van der Waals surface area contributed by atoms with E-state index in [1.165, 1.54) is 20.1 Å². The zero-order valence-corrected chi connectivity index (χ0v) is 22.7. The van der Waals surface area contributed by atoms with Gasteiger partial charge in [-0.25, -0.2) is 0 Å². The predicted molar refractivity (Wildman–Crippen MR) is 140 cm³/mol. The number of carbonyl (C=O) groups is 2. The number of aromatic nitrogens is 4. The minimum atomic E-state index is -4.72. The normalized spacial score (nSPS) is 17.9. The van der Waals surface area contributed by atoms with Crippen LogP contribution in [-0.2, 0) is 22.3 Å². The van der Waals surface area contributed by atoms with E-state index in [1.807, 2.05) is 30.3 Å². The Morgan fingerprint density at radius 1 is 1.12 bits per heavy atom. The summed E-state index contributed by atoms with van der Waals surface area (Å²) < 4.78 is 46.3. The van der Waals surface area contributed by atoms with Gasteiger partial charge in [0.15, 0.2) is 0 Å². The molecule has 1 saturated heterocycles. The van der Waals surface area contributed by atoms with Gasteiger partial charge in [-0.3, -0.25) is 9.59 Å². The van der Waals surface area contributed by atoms with Crippen molar-refractivity contribution in [3.63, 3.8) is 0 Å². The Labute approximate surface area is 229 Å². The molecule has 13 heteroatoms. The van der Waals surface area contributed by atoms with Crippen LogP contribution in [0.4, 0.5) is 13.2 Å². The van der Waals surface area contributed by atoms with Crippen LogP contribution in [0, 0.1) is 0 Å². The van der Waals surface area contributed by atoms with Crippen LogP contribution >= 0.6 is 0 Å². The monoisotopic (exact) mass is 559 g/mol. The number of carbonyl (C=O) groups excluding carboxylic acids is 2. The van der Waals surface area contributed by atoms with E-state index >= 15 is 0 Å². The zero-order chi connectivity index (χ0) is 29.1. The lowest BCUT2D eigenvalue weighted by Crippen LogP contribution is -2.59. The number of ether oxygens (including phenoxy) is 1. The summed E-state index contributed by atoms with van der Waals surface area (Å²) in [5.41, 5.74) is 0.766. The fourth-order valence-corrected chi connectivity index (χ4v) is 5.12. The Hall–Kier alpha value is -4.00. The number of benzene rings is 2. The predicted octanol–water partition coefficient (Wildman–Crippen LogP) is 3.08. The van der Waals surface area contributed by atoms with Crippen molar-refractivity contribution in [2.24, 2.45) is 0 Å². The smallest absolute Gasteiger partial charge is 0.453 e. The molecule has 10 nitrogen and oxygen atoms in total. The van der Waals surface area contributed by atoms with E-state index in [4.69, 9.17) is 4.74 Å². The lowest BCUT2D eigenvalue weighted by atomic mass is 9.85. The van der Waals surface area contributed by atoms with Crippen molar-refractivity contribution in [1.82, 2.24) is 35.7 Å². The first-order valence-electron chi connectivity index (χ1n) is 12.8. The van der Waals surface area contributed by atoms with Gasteiger partial charge in [-0.15, -0.1) is 5.10 Å². The van der Waals surface area contributed by atoms with Gasteiger partial charge in [0, 0.05) is 44.1 Å². The molecular formula is C27H32F3N7O3. The first-order valence-corrected chi connectivity index (χ1v) is 12.8. The topological polar surface area (TPSA) is 114 Å². The molecule has 0 bridgehead atoms. The van der Waals surface area contributed by atoms with Gasteiger partial charge in [-0.2, -0.15) is 17.9 Å². The molecule has 2 amide bonds. The van der Waals surface area contributed by atoms with Crippen LogP contribution in [0.15, 0.2) is 48.5 Å². The van der Waals surface area contributed by atoms with Crippen LogP contribution in [0.2, 0.25) is 0 Å². The van der Waals surface area contributed by atoms with Crippen molar-refractivity contribution in [1.29, 1.82) is 0 Å². The maximum Gasteiger partial charge on any atom is 0.453 e. The molecule has 2 N–H and O–H groups in total. The van der Waals surface area contributed by atoms with E-state index in [-0.39, 0.29) is 29.5 Å². The largest absolute Gasteiger partial charge is 0.496 e. The number of nitrogens with one attached hydrogen (secondary N) is 2. The number of hydrogen-bond acceptors (Lipinski definition) is 7. The average Bonchev–Trinajstić information content (AvgIpc) is 3.42. The molecule has 4 rings (SSSR count). The molecule has 0 aliphatic carbocycles. The zero-order valence-electron chi connectivity index (χ0n) is 22.7. The third-order valence-electron chi connectivity index (χ3n) is 6.94. The molecule has 2 atom stereocenters. The summed E-state index contributed by atoms with van der Waals surface area (Å²) in [4.78, 5) is 26.7. The van der Waals surface area contributed by atoms with E-state index in [0.717, 1.165) is 5.56 Å². The van der Waals surface area contributed by atoms with E-state index in [9.17, 15) is 22.8 Å². The van der Waals surface area contributed by atoms with Gasteiger partial charge in [-0.1, -0.05) is 30.3 Å². The van der Waals surface area contributed by atoms with Gasteiger partial charge in [0.2, 0.25) is 11.8 Å². The Bertz CT molecular complexity index is 1340. The summed E-state index contributed by atoms with van der Waals surface area (Å²) in [5.74, 6) is -1.25. The second-order valence-electron chi connectivity index (χ2n) is 10.3. The standard InChI is InChI=1S/C27H32F3N7O3/c1-17(38)32-26(2,3)25(39)36-13-12-22(21(16-36)18-8-6-5-7-9-18)31-15-19-14-20(10-11-23(19)40-4)37-24(27(28,29)30)33-34-35-37/h5-11,14,21-22,31H,12-13,15-16H2,1-4H3,(H,32,38). The summed E-state index contributed by atoms with van der Waals surface area (Å²) in [7, 11) is 1.49. The molecule has 1 fully saturated rings. The fraction of sp³-hybridized carbons (Fsp3) is 0.444. The van der Waals surface area contributed by atoms with Crippen LogP contribution in [0.1, 0.15) is 50.1 Å². The SMILES string of the molecule is COc1ccc(-n2nnnc2C(F)(F)F)cc1CNC1CCN(C(=O)C(C)(C)NC(C)=O)CC1c1ccccc1. The molecule has 40 heavy (non-hydrogen) atoms. The molecule has 1 aliphatic rings. The summed E-state index contributed by atoms with van der Waals surface area (Å²) >= 11 is 0. The summed E-state index contributed by atoms with van der Waals surface area (Å²) in [6.07, 6.45) is -4.10. The van der Waals surface area contributed by atoms with Crippen LogP contribution in [0.5, 0.6) is 5.75 Å². The first-order chi connectivity index (χ1) is 18.9. The van der Waals surface area contributed by atoms with Gasteiger partial charge < -0.3 is 20.3 Å². The van der Waals surface area contributed by atoms with Gasteiger partial charge in [-0.05, 0) is 54.5 Å². The molecule has 2 heterocycles. The van der Waals surface area contributed by atoms with Crippen molar-refractivity contribution >= 4 is 11.8 Å². The Balaban J connectivity index is 1.57. The highest BCUT2D eigenvalue weighted by atomic mass is 19.4. The molecule has 1 aromatic heterocycles. The molecular weight excluding hydrogens is 527 g/mol. The Kier molecular flexibility index (Phi) is 8.43. The number of amides is 2. The van der Waals surface area contributed by atoms with Crippen molar-refractivity contribution in [3.05, 3.63) is 65.5 Å². The lowest BCUT2D eigenvalue weighted by Gasteiger charge is -2.42. The minimum Gasteiger partial charge on any atom is -0.496 e. The van der Waals surface area contributed by atoms with Gasteiger partial charge >= 0.3 is 6.18 Å². The lowest BCUT2D eigenvalue weighted by molar-refractivity contribution is -0.146. The van der Waals surface area contributed by atoms with E-state index in [0.29, 0.717) is 42.0 Å². The summed E-state index contributed by atoms with van der Waals surface area (Å²) in [6, 6.07) is 14.3.